The van der Waals surface area contributed by atoms with E-state index in [1.165, 1.54) is 7.11 Å². The fraction of sp³-hybridized carbons (Fsp3) is 0.429. The van der Waals surface area contributed by atoms with Crippen LogP contribution in [0.3, 0.4) is 0 Å². The number of hydrogen-bond acceptors (Lipinski definition) is 3. The number of ether oxygens (including phenoxy) is 1. The summed E-state index contributed by atoms with van der Waals surface area (Å²) >= 11 is 0. The molecule has 0 fully saturated rings. The van der Waals surface area contributed by atoms with Crippen molar-refractivity contribution in [2.24, 2.45) is 0 Å². The van der Waals surface area contributed by atoms with Gasteiger partial charge in [0.05, 0.1) is 11.0 Å². The molecule has 1 aromatic carbocycles. The van der Waals surface area contributed by atoms with E-state index in [4.69, 9.17) is 4.74 Å². The third kappa shape index (κ3) is 3.12. The number of nitrogens with one attached hydrogen (secondary N) is 1. The average Bonchev–Trinajstić information content (AvgIpc) is 2.76. The van der Waals surface area contributed by atoms with Crippen LogP contribution in [0.4, 0.5) is 0 Å². The molecule has 1 N–H and O–H groups in total. The zero-order valence-corrected chi connectivity index (χ0v) is 11.3. The Balaban J connectivity index is 2.06. The van der Waals surface area contributed by atoms with Crippen molar-refractivity contribution in [3.8, 4) is 0 Å². The van der Waals surface area contributed by atoms with Gasteiger partial charge in [-0.2, -0.15) is 0 Å². The number of aromatic nitrogens is 2. The SMILES string of the molecule is CCn1c(CCNC(=O)COC)nc2ccccc21. The summed E-state index contributed by atoms with van der Waals surface area (Å²) in [6.45, 7) is 3.65. The molecule has 5 nitrogen and oxygen atoms in total. The lowest BCUT2D eigenvalue weighted by Crippen LogP contribution is -2.29. The highest BCUT2D eigenvalue weighted by Crippen LogP contribution is 2.15. The van der Waals surface area contributed by atoms with Gasteiger partial charge in [0.15, 0.2) is 0 Å². The van der Waals surface area contributed by atoms with Crippen LogP contribution in [0.25, 0.3) is 11.0 Å². The van der Waals surface area contributed by atoms with E-state index in [0.29, 0.717) is 6.54 Å². The lowest BCUT2D eigenvalue weighted by molar-refractivity contribution is -0.124. The Morgan fingerprint density at radius 2 is 2.21 bits per heavy atom. The monoisotopic (exact) mass is 261 g/mol. The smallest absolute Gasteiger partial charge is 0.245 e. The number of methoxy groups -OCH3 is 1. The van der Waals surface area contributed by atoms with Gasteiger partial charge in [-0.25, -0.2) is 4.98 Å². The number of imidazole rings is 1. The number of hydrogen-bond donors (Lipinski definition) is 1. The van der Waals surface area contributed by atoms with Gasteiger partial charge in [0.2, 0.25) is 5.91 Å². The highest BCUT2D eigenvalue weighted by Gasteiger charge is 2.09. The van der Waals surface area contributed by atoms with Gasteiger partial charge in [-0.3, -0.25) is 4.79 Å². The summed E-state index contributed by atoms with van der Waals surface area (Å²) in [7, 11) is 1.51. The quantitative estimate of drug-likeness (QED) is 0.854. The third-order valence-electron chi connectivity index (χ3n) is 3.00. The lowest BCUT2D eigenvalue weighted by atomic mass is 10.3. The molecule has 0 bridgehead atoms. The van der Waals surface area contributed by atoms with Crippen molar-refractivity contribution < 1.29 is 9.53 Å². The first kappa shape index (κ1) is 13.5. The molecule has 0 saturated carbocycles. The maximum Gasteiger partial charge on any atom is 0.245 e. The van der Waals surface area contributed by atoms with Crippen LogP contribution < -0.4 is 5.32 Å². The predicted octanol–water partition coefficient (Wildman–Crippen LogP) is 1.36. The number of benzene rings is 1. The number of para-hydroxylation sites is 2. The lowest BCUT2D eigenvalue weighted by Gasteiger charge is -2.07. The average molecular weight is 261 g/mol. The van der Waals surface area contributed by atoms with E-state index in [0.717, 1.165) is 29.8 Å². The van der Waals surface area contributed by atoms with Gasteiger partial charge in [-0.05, 0) is 19.1 Å². The molecule has 0 aliphatic heterocycles. The molecular formula is C14H19N3O2. The molecule has 0 unspecified atom stereocenters. The second-order valence-corrected chi connectivity index (χ2v) is 4.29. The normalized spacial score (nSPS) is 10.8. The minimum absolute atomic E-state index is 0.0957. The van der Waals surface area contributed by atoms with Crippen LogP contribution in [0, 0.1) is 0 Å². The maximum absolute atomic E-state index is 11.3. The number of rotatable bonds is 6. The molecule has 0 saturated heterocycles. The molecule has 0 aliphatic carbocycles. The Bertz CT molecular complexity index is 563. The molecule has 1 aromatic heterocycles. The molecule has 1 amide bonds. The molecule has 1 heterocycles. The Morgan fingerprint density at radius 1 is 1.42 bits per heavy atom. The summed E-state index contributed by atoms with van der Waals surface area (Å²) in [4.78, 5) is 15.9. The second-order valence-electron chi connectivity index (χ2n) is 4.29. The van der Waals surface area contributed by atoms with Crippen LogP contribution in [-0.2, 0) is 22.5 Å². The first-order valence-electron chi connectivity index (χ1n) is 6.46. The van der Waals surface area contributed by atoms with Crippen molar-refractivity contribution in [2.75, 3.05) is 20.3 Å². The van der Waals surface area contributed by atoms with E-state index in [9.17, 15) is 4.79 Å². The first-order valence-corrected chi connectivity index (χ1v) is 6.46. The fourth-order valence-corrected chi connectivity index (χ4v) is 2.16. The highest BCUT2D eigenvalue weighted by molar-refractivity contribution is 5.77. The number of carbonyl (C=O) groups is 1. The van der Waals surface area contributed by atoms with Crippen LogP contribution >= 0.6 is 0 Å². The number of aryl methyl sites for hydroxylation is 1. The van der Waals surface area contributed by atoms with E-state index in [1.807, 2.05) is 18.2 Å². The zero-order valence-electron chi connectivity index (χ0n) is 11.3. The van der Waals surface area contributed by atoms with Crippen molar-refractivity contribution in [1.29, 1.82) is 0 Å². The summed E-state index contributed by atoms with van der Waals surface area (Å²) in [5, 5.41) is 2.81. The third-order valence-corrected chi connectivity index (χ3v) is 3.00. The van der Waals surface area contributed by atoms with Gasteiger partial charge >= 0.3 is 0 Å². The van der Waals surface area contributed by atoms with E-state index in [2.05, 4.69) is 27.9 Å². The van der Waals surface area contributed by atoms with Gasteiger partial charge in [0, 0.05) is 26.6 Å². The zero-order chi connectivity index (χ0) is 13.7. The minimum atomic E-state index is -0.0957. The van der Waals surface area contributed by atoms with Crippen molar-refractivity contribution in [1.82, 2.24) is 14.9 Å². The molecule has 0 radical (unpaired) electrons. The Labute approximate surface area is 112 Å². The molecular weight excluding hydrogens is 242 g/mol. The number of fused-ring (bicyclic) bond motifs is 1. The van der Waals surface area contributed by atoms with Crippen molar-refractivity contribution in [2.45, 2.75) is 19.9 Å². The summed E-state index contributed by atoms with van der Waals surface area (Å²) in [6, 6.07) is 8.08. The highest BCUT2D eigenvalue weighted by atomic mass is 16.5. The molecule has 102 valence electrons. The van der Waals surface area contributed by atoms with Crippen LogP contribution in [0.15, 0.2) is 24.3 Å². The Morgan fingerprint density at radius 3 is 2.95 bits per heavy atom. The molecule has 0 atom stereocenters. The van der Waals surface area contributed by atoms with Crippen LogP contribution in [0.5, 0.6) is 0 Å². The summed E-state index contributed by atoms with van der Waals surface area (Å²) in [5.41, 5.74) is 2.14. The van der Waals surface area contributed by atoms with E-state index in [-0.39, 0.29) is 12.5 Å². The first-order chi connectivity index (χ1) is 9.26. The largest absolute Gasteiger partial charge is 0.375 e. The van der Waals surface area contributed by atoms with E-state index >= 15 is 0 Å². The predicted molar refractivity (Wildman–Crippen MR) is 74.0 cm³/mol. The summed E-state index contributed by atoms with van der Waals surface area (Å²) in [5.74, 6) is 0.906. The van der Waals surface area contributed by atoms with E-state index < -0.39 is 0 Å². The summed E-state index contributed by atoms with van der Waals surface area (Å²) in [6.07, 6.45) is 0.720. The van der Waals surface area contributed by atoms with Crippen molar-refractivity contribution >= 4 is 16.9 Å². The van der Waals surface area contributed by atoms with Crippen molar-refractivity contribution in [3.63, 3.8) is 0 Å². The van der Waals surface area contributed by atoms with Gasteiger partial charge in [-0.1, -0.05) is 12.1 Å². The Hall–Kier alpha value is -1.88. The Kier molecular flexibility index (Phi) is 4.52. The van der Waals surface area contributed by atoms with Crippen molar-refractivity contribution in [3.05, 3.63) is 30.1 Å². The minimum Gasteiger partial charge on any atom is -0.375 e. The second kappa shape index (κ2) is 6.33. The maximum atomic E-state index is 11.3. The van der Waals surface area contributed by atoms with E-state index in [1.54, 1.807) is 0 Å². The van der Waals surface area contributed by atoms with Gasteiger partial charge < -0.3 is 14.6 Å². The molecule has 19 heavy (non-hydrogen) atoms. The van der Waals surface area contributed by atoms with Crippen LogP contribution in [0.1, 0.15) is 12.7 Å². The molecule has 0 spiro atoms. The molecule has 5 heteroatoms. The van der Waals surface area contributed by atoms with Gasteiger partial charge in [-0.15, -0.1) is 0 Å². The molecule has 0 aliphatic rings. The topological polar surface area (TPSA) is 56.2 Å². The number of carbonyl (C=O) groups excluding carboxylic acids is 1. The van der Waals surface area contributed by atoms with Gasteiger partial charge in [0.1, 0.15) is 12.4 Å². The number of amides is 1. The standard InChI is InChI=1S/C14H19N3O2/c1-3-17-12-7-5-4-6-11(12)16-13(17)8-9-15-14(18)10-19-2/h4-7H,3,8-10H2,1-2H3,(H,15,18). The summed E-state index contributed by atoms with van der Waals surface area (Å²) < 4.78 is 6.94. The molecule has 2 rings (SSSR count). The van der Waals surface area contributed by atoms with Crippen LogP contribution in [-0.4, -0.2) is 35.7 Å². The fourth-order valence-electron chi connectivity index (χ4n) is 2.16. The number of nitrogens with zero attached hydrogens (tertiary/aromatic N) is 2. The van der Waals surface area contributed by atoms with Crippen LogP contribution in [0.2, 0.25) is 0 Å². The molecule has 2 aromatic rings. The van der Waals surface area contributed by atoms with Gasteiger partial charge in [0.25, 0.3) is 0 Å².